The second-order valence-corrected chi connectivity index (χ2v) is 4.23. The normalized spacial score (nSPS) is 15.9. The van der Waals surface area contributed by atoms with Gasteiger partial charge < -0.3 is 0 Å². The molecule has 2 rings (SSSR count). The molecule has 0 unspecified atom stereocenters. The third-order valence-corrected chi connectivity index (χ3v) is 2.50. The van der Waals surface area contributed by atoms with Gasteiger partial charge in [-0.25, -0.2) is 0 Å². The van der Waals surface area contributed by atoms with Crippen molar-refractivity contribution in [3.8, 4) is 0 Å². The Labute approximate surface area is 98.1 Å². The highest BCUT2D eigenvalue weighted by Crippen LogP contribution is 2.20. The molecule has 0 saturated carbocycles. The third-order valence-electron chi connectivity index (χ3n) is 2.30. The number of carbonyl (C=O) groups excluding carboxylic acids is 1. The highest BCUT2D eigenvalue weighted by atomic mass is 35.5. The first-order valence-corrected chi connectivity index (χ1v) is 5.35. The SMILES string of the molecule is CC(C)C1=NN(c2ccc(Cl)nn2)C(=O)C1. The van der Waals surface area contributed by atoms with E-state index in [1.165, 1.54) is 5.01 Å². The molecule has 6 heteroatoms. The van der Waals surface area contributed by atoms with Crippen LogP contribution in [0.2, 0.25) is 5.15 Å². The molecule has 1 aliphatic heterocycles. The van der Waals surface area contributed by atoms with Crippen LogP contribution in [0.25, 0.3) is 0 Å². The van der Waals surface area contributed by atoms with Gasteiger partial charge in [0.15, 0.2) is 11.0 Å². The van der Waals surface area contributed by atoms with Gasteiger partial charge in [-0.15, -0.1) is 10.2 Å². The number of nitrogens with zero attached hydrogens (tertiary/aromatic N) is 4. The summed E-state index contributed by atoms with van der Waals surface area (Å²) >= 11 is 5.62. The average molecular weight is 239 g/mol. The summed E-state index contributed by atoms with van der Waals surface area (Å²) < 4.78 is 0. The van der Waals surface area contributed by atoms with E-state index >= 15 is 0 Å². The number of carbonyl (C=O) groups is 1. The molecule has 0 aliphatic carbocycles. The number of halogens is 1. The number of anilines is 1. The van der Waals surface area contributed by atoms with Crippen LogP contribution in [0.15, 0.2) is 17.2 Å². The third kappa shape index (κ3) is 2.04. The van der Waals surface area contributed by atoms with Gasteiger partial charge in [0.1, 0.15) is 0 Å². The van der Waals surface area contributed by atoms with Crippen molar-refractivity contribution in [2.24, 2.45) is 11.0 Å². The first kappa shape index (κ1) is 11.0. The van der Waals surface area contributed by atoms with Crippen molar-refractivity contribution in [2.75, 3.05) is 5.01 Å². The van der Waals surface area contributed by atoms with Crippen LogP contribution in [-0.2, 0) is 4.79 Å². The zero-order valence-corrected chi connectivity index (χ0v) is 9.77. The predicted molar refractivity (Wildman–Crippen MR) is 61.4 cm³/mol. The number of hydrogen-bond donors (Lipinski definition) is 0. The molecule has 0 N–H and O–H groups in total. The van der Waals surface area contributed by atoms with Crippen LogP contribution < -0.4 is 5.01 Å². The van der Waals surface area contributed by atoms with Crippen molar-refractivity contribution in [3.05, 3.63) is 17.3 Å². The molecule has 1 aromatic heterocycles. The molecule has 1 aliphatic rings. The zero-order chi connectivity index (χ0) is 11.7. The predicted octanol–water partition coefficient (Wildman–Crippen LogP) is 1.88. The van der Waals surface area contributed by atoms with Crippen molar-refractivity contribution in [1.82, 2.24) is 10.2 Å². The summed E-state index contributed by atoms with van der Waals surface area (Å²) in [5.41, 5.74) is 0.863. The summed E-state index contributed by atoms with van der Waals surface area (Å²) in [7, 11) is 0. The van der Waals surface area contributed by atoms with E-state index in [0.29, 0.717) is 17.4 Å². The van der Waals surface area contributed by atoms with Crippen molar-refractivity contribution in [1.29, 1.82) is 0 Å². The standard InChI is InChI=1S/C10H11ClN4O/c1-6(2)7-5-10(16)15(14-7)9-4-3-8(11)12-13-9/h3-4,6H,5H2,1-2H3. The second kappa shape index (κ2) is 4.17. The molecule has 1 amide bonds. The minimum absolute atomic E-state index is 0.0830. The van der Waals surface area contributed by atoms with Crippen molar-refractivity contribution in [3.63, 3.8) is 0 Å². The molecule has 84 valence electrons. The topological polar surface area (TPSA) is 58.5 Å². The molecule has 0 radical (unpaired) electrons. The summed E-state index contributed by atoms with van der Waals surface area (Å²) in [5, 5.41) is 13.3. The molecule has 0 aromatic carbocycles. The first-order valence-electron chi connectivity index (χ1n) is 4.97. The van der Waals surface area contributed by atoms with Gasteiger partial charge in [0.05, 0.1) is 12.1 Å². The molecule has 5 nitrogen and oxygen atoms in total. The monoisotopic (exact) mass is 238 g/mol. The summed E-state index contributed by atoms with van der Waals surface area (Å²) in [6, 6.07) is 3.21. The van der Waals surface area contributed by atoms with E-state index in [1.807, 2.05) is 13.8 Å². The van der Waals surface area contributed by atoms with E-state index in [0.717, 1.165) is 5.71 Å². The minimum Gasteiger partial charge on any atom is -0.272 e. The lowest BCUT2D eigenvalue weighted by atomic mass is 10.1. The van der Waals surface area contributed by atoms with Crippen molar-refractivity contribution < 1.29 is 4.79 Å². The Morgan fingerprint density at radius 1 is 1.38 bits per heavy atom. The average Bonchev–Trinajstić information content (AvgIpc) is 2.62. The lowest BCUT2D eigenvalue weighted by Crippen LogP contribution is -2.20. The summed E-state index contributed by atoms with van der Waals surface area (Å²) in [5.74, 6) is 0.583. The van der Waals surface area contributed by atoms with Crippen LogP contribution in [0, 0.1) is 5.92 Å². The van der Waals surface area contributed by atoms with E-state index in [9.17, 15) is 4.79 Å². The van der Waals surface area contributed by atoms with Crippen LogP contribution in [0.5, 0.6) is 0 Å². The van der Waals surface area contributed by atoms with E-state index in [4.69, 9.17) is 11.6 Å². The fraction of sp³-hybridized carbons (Fsp3) is 0.400. The Morgan fingerprint density at radius 3 is 2.62 bits per heavy atom. The second-order valence-electron chi connectivity index (χ2n) is 3.84. The Bertz CT molecular complexity index is 441. The summed E-state index contributed by atoms with van der Waals surface area (Å²) in [6.45, 7) is 4.01. The molecule has 1 aromatic rings. The number of rotatable bonds is 2. The maximum atomic E-state index is 11.7. The van der Waals surface area contributed by atoms with Gasteiger partial charge in [0, 0.05) is 0 Å². The Balaban J connectivity index is 2.28. The maximum Gasteiger partial charge on any atom is 0.254 e. The quantitative estimate of drug-likeness (QED) is 0.791. The van der Waals surface area contributed by atoms with E-state index < -0.39 is 0 Å². The minimum atomic E-state index is -0.0830. The van der Waals surface area contributed by atoms with Gasteiger partial charge in [0.2, 0.25) is 0 Å². The number of hydrazone groups is 1. The smallest absolute Gasteiger partial charge is 0.254 e. The number of amides is 1. The van der Waals surface area contributed by atoms with Crippen LogP contribution >= 0.6 is 11.6 Å². The van der Waals surface area contributed by atoms with Gasteiger partial charge in [-0.1, -0.05) is 25.4 Å². The Hall–Kier alpha value is -1.49. The van der Waals surface area contributed by atoms with Crippen molar-refractivity contribution >= 4 is 29.0 Å². The fourth-order valence-electron chi connectivity index (χ4n) is 1.37. The molecule has 2 heterocycles. The van der Waals surface area contributed by atoms with Crippen LogP contribution in [0.4, 0.5) is 5.82 Å². The van der Waals surface area contributed by atoms with E-state index in [-0.39, 0.29) is 11.8 Å². The number of hydrogen-bond acceptors (Lipinski definition) is 4. The first-order chi connectivity index (χ1) is 7.58. The molecule has 0 bridgehead atoms. The molecule has 0 spiro atoms. The molecule has 0 saturated heterocycles. The van der Waals surface area contributed by atoms with Gasteiger partial charge in [-0.3, -0.25) is 4.79 Å². The largest absolute Gasteiger partial charge is 0.272 e. The summed E-state index contributed by atoms with van der Waals surface area (Å²) in [6.07, 6.45) is 0.349. The zero-order valence-electron chi connectivity index (χ0n) is 9.01. The Kier molecular flexibility index (Phi) is 2.87. The maximum absolute atomic E-state index is 11.7. The molecule has 0 fully saturated rings. The van der Waals surface area contributed by atoms with Crippen molar-refractivity contribution in [2.45, 2.75) is 20.3 Å². The van der Waals surface area contributed by atoms with Crippen LogP contribution in [0.3, 0.4) is 0 Å². The van der Waals surface area contributed by atoms with Gasteiger partial charge >= 0.3 is 0 Å². The van der Waals surface area contributed by atoms with Gasteiger partial charge in [0.25, 0.3) is 5.91 Å². The van der Waals surface area contributed by atoms with Crippen LogP contribution in [0.1, 0.15) is 20.3 Å². The lowest BCUT2D eigenvalue weighted by molar-refractivity contribution is -0.117. The summed E-state index contributed by atoms with van der Waals surface area (Å²) in [4.78, 5) is 11.7. The van der Waals surface area contributed by atoms with Gasteiger partial charge in [-0.05, 0) is 18.1 Å². The van der Waals surface area contributed by atoms with E-state index in [2.05, 4.69) is 15.3 Å². The molecular formula is C10H11ClN4O. The molecule has 0 atom stereocenters. The fourth-order valence-corrected chi connectivity index (χ4v) is 1.47. The van der Waals surface area contributed by atoms with Gasteiger partial charge in [-0.2, -0.15) is 10.1 Å². The lowest BCUT2D eigenvalue weighted by Gasteiger charge is -2.08. The number of aromatic nitrogens is 2. The van der Waals surface area contributed by atoms with E-state index in [1.54, 1.807) is 12.1 Å². The molecular weight excluding hydrogens is 228 g/mol. The highest BCUT2D eigenvalue weighted by molar-refractivity contribution is 6.29. The van der Waals surface area contributed by atoms with Crippen LogP contribution in [-0.4, -0.2) is 21.8 Å². The molecule has 16 heavy (non-hydrogen) atoms. The highest BCUT2D eigenvalue weighted by Gasteiger charge is 2.27. The Morgan fingerprint density at radius 2 is 2.12 bits per heavy atom.